The summed E-state index contributed by atoms with van der Waals surface area (Å²) in [5, 5.41) is 2.93. The van der Waals surface area contributed by atoms with E-state index < -0.39 is 9.84 Å². The molecule has 104 valence electrons. The Labute approximate surface area is 127 Å². The largest absolute Gasteiger partial charge is 0.349 e. The third-order valence-corrected chi connectivity index (χ3v) is 6.47. The van der Waals surface area contributed by atoms with Crippen LogP contribution in [0.15, 0.2) is 18.2 Å². The Kier molecular flexibility index (Phi) is 4.50. The van der Waals surface area contributed by atoms with Gasteiger partial charge in [0, 0.05) is 9.61 Å². The van der Waals surface area contributed by atoms with Crippen molar-refractivity contribution in [2.75, 3.05) is 11.5 Å². The standard InChI is InChI=1S/C13H16INO3S/c1-9-3-2-4-11(12(9)14)13(16)15-10-5-7-19(17,18)8-6-10/h2-4,10H,5-8H2,1H3,(H,15,16). The first-order chi connectivity index (χ1) is 8.89. The number of aryl methyl sites for hydroxylation is 1. The topological polar surface area (TPSA) is 63.2 Å². The second-order valence-electron chi connectivity index (χ2n) is 4.84. The maximum atomic E-state index is 12.2. The molecule has 2 rings (SSSR count). The Hall–Kier alpha value is -0.630. The molecular weight excluding hydrogens is 377 g/mol. The Morgan fingerprint density at radius 2 is 1.95 bits per heavy atom. The molecule has 0 bridgehead atoms. The van der Waals surface area contributed by atoms with E-state index in [1.165, 1.54) is 0 Å². The molecule has 0 aliphatic carbocycles. The lowest BCUT2D eigenvalue weighted by atomic mass is 10.1. The molecule has 4 nitrogen and oxygen atoms in total. The highest BCUT2D eigenvalue weighted by Gasteiger charge is 2.25. The van der Waals surface area contributed by atoms with Gasteiger partial charge in [-0.15, -0.1) is 0 Å². The summed E-state index contributed by atoms with van der Waals surface area (Å²) in [4.78, 5) is 12.2. The van der Waals surface area contributed by atoms with Gasteiger partial charge in [0.25, 0.3) is 5.91 Å². The summed E-state index contributed by atoms with van der Waals surface area (Å²) < 4.78 is 23.6. The zero-order chi connectivity index (χ0) is 14.0. The summed E-state index contributed by atoms with van der Waals surface area (Å²) in [5.41, 5.74) is 1.73. The highest BCUT2D eigenvalue weighted by Crippen LogP contribution is 2.18. The monoisotopic (exact) mass is 393 g/mol. The Balaban J connectivity index is 2.04. The van der Waals surface area contributed by atoms with E-state index in [9.17, 15) is 13.2 Å². The molecule has 1 aliphatic rings. The molecule has 1 aliphatic heterocycles. The quantitative estimate of drug-likeness (QED) is 0.781. The van der Waals surface area contributed by atoms with Gasteiger partial charge in [-0.05, 0) is 54.0 Å². The normalized spacial score (nSPS) is 19.1. The van der Waals surface area contributed by atoms with Crippen LogP contribution in [-0.2, 0) is 9.84 Å². The van der Waals surface area contributed by atoms with E-state index in [1.807, 2.05) is 19.1 Å². The molecule has 6 heteroatoms. The van der Waals surface area contributed by atoms with Crippen molar-refractivity contribution in [2.45, 2.75) is 25.8 Å². The third kappa shape index (κ3) is 3.68. The Morgan fingerprint density at radius 1 is 1.32 bits per heavy atom. The predicted molar refractivity (Wildman–Crippen MR) is 83.0 cm³/mol. The summed E-state index contributed by atoms with van der Waals surface area (Å²) >= 11 is 2.16. The number of rotatable bonds is 2. The zero-order valence-electron chi connectivity index (χ0n) is 10.6. The van der Waals surface area contributed by atoms with Gasteiger partial charge in [-0.25, -0.2) is 8.42 Å². The van der Waals surface area contributed by atoms with Gasteiger partial charge < -0.3 is 5.32 Å². The molecule has 0 spiro atoms. The minimum Gasteiger partial charge on any atom is -0.349 e. The summed E-state index contributed by atoms with van der Waals surface area (Å²) in [6.45, 7) is 1.96. The first-order valence-corrected chi connectivity index (χ1v) is 9.05. The van der Waals surface area contributed by atoms with E-state index in [0.717, 1.165) is 9.13 Å². The van der Waals surface area contributed by atoms with Crippen molar-refractivity contribution >= 4 is 38.3 Å². The first-order valence-electron chi connectivity index (χ1n) is 6.15. The smallest absolute Gasteiger partial charge is 0.252 e. The van der Waals surface area contributed by atoms with Crippen molar-refractivity contribution in [3.8, 4) is 0 Å². The van der Waals surface area contributed by atoms with Crippen LogP contribution < -0.4 is 5.32 Å². The van der Waals surface area contributed by atoms with Crippen LogP contribution in [0.2, 0.25) is 0 Å². The van der Waals surface area contributed by atoms with Crippen molar-refractivity contribution in [1.29, 1.82) is 0 Å². The summed E-state index contributed by atoms with van der Waals surface area (Å²) in [7, 11) is -2.88. The van der Waals surface area contributed by atoms with Crippen molar-refractivity contribution in [3.05, 3.63) is 32.9 Å². The van der Waals surface area contributed by atoms with Crippen LogP contribution in [0.25, 0.3) is 0 Å². The average molecular weight is 393 g/mol. The summed E-state index contributed by atoms with van der Waals surface area (Å²) in [6.07, 6.45) is 1.02. The molecule has 1 fully saturated rings. The van der Waals surface area contributed by atoms with Gasteiger partial charge in [-0.3, -0.25) is 4.79 Å². The Morgan fingerprint density at radius 3 is 2.58 bits per heavy atom. The van der Waals surface area contributed by atoms with Crippen LogP contribution in [0, 0.1) is 10.5 Å². The second kappa shape index (κ2) is 5.78. The fourth-order valence-electron chi connectivity index (χ4n) is 2.12. The fraction of sp³-hybridized carbons (Fsp3) is 0.462. The van der Waals surface area contributed by atoms with Gasteiger partial charge in [0.1, 0.15) is 9.84 Å². The number of carbonyl (C=O) groups excluding carboxylic acids is 1. The van der Waals surface area contributed by atoms with Crippen LogP contribution in [0.5, 0.6) is 0 Å². The molecule has 1 heterocycles. The van der Waals surface area contributed by atoms with Crippen molar-refractivity contribution in [1.82, 2.24) is 5.32 Å². The lowest BCUT2D eigenvalue weighted by Crippen LogP contribution is -2.41. The van der Waals surface area contributed by atoms with Crippen molar-refractivity contribution in [3.63, 3.8) is 0 Å². The highest BCUT2D eigenvalue weighted by atomic mass is 127. The minimum atomic E-state index is -2.88. The van der Waals surface area contributed by atoms with E-state index in [4.69, 9.17) is 0 Å². The maximum absolute atomic E-state index is 12.2. The number of benzene rings is 1. The molecule has 0 saturated carbocycles. The molecule has 0 atom stereocenters. The van der Waals surface area contributed by atoms with E-state index in [-0.39, 0.29) is 23.5 Å². The number of halogens is 1. The van der Waals surface area contributed by atoms with Gasteiger partial charge >= 0.3 is 0 Å². The molecule has 1 N–H and O–H groups in total. The Bertz CT molecular complexity index is 584. The third-order valence-electron chi connectivity index (χ3n) is 3.33. The molecular formula is C13H16INO3S. The second-order valence-corrected chi connectivity index (χ2v) is 8.22. The van der Waals surface area contributed by atoms with Crippen molar-refractivity contribution in [2.24, 2.45) is 0 Å². The van der Waals surface area contributed by atoms with E-state index in [0.29, 0.717) is 18.4 Å². The number of sulfone groups is 1. The fourth-order valence-corrected chi connectivity index (χ4v) is 4.22. The average Bonchev–Trinajstić information content (AvgIpc) is 2.35. The molecule has 0 aromatic heterocycles. The number of carbonyl (C=O) groups is 1. The number of amides is 1. The van der Waals surface area contributed by atoms with Crippen LogP contribution in [0.1, 0.15) is 28.8 Å². The lowest BCUT2D eigenvalue weighted by molar-refractivity contribution is 0.0933. The number of nitrogens with one attached hydrogen (secondary N) is 1. The minimum absolute atomic E-state index is 0.0349. The molecule has 1 amide bonds. The van der Waals surface area contributed by atoms with Crippen LogP contribution in [0.4, 0.5) is 0 Å². The van der Waals surface area contributed by atoms with Gasteiger partial charge in [0.2, 0.25) is 0 Å². The van der Waals surface area contributed by atoms with Gasteiger partial charge in [-0.1, -0.05) is 12.1 Å². The summed E-state index contributed by atoms with van der Waals surface area (Å²) in [5.74, 6) is 0.225. The van der Waals surface area contributed by atoms with Crippen LogP contribution in [-0.4, -0.2) is 31.9 Å². The number of hydrogen-bond acceptors (Lipinski definition) is 3. The van der Waals surface area contributed by atoms with E-state index in [1.54, 1.807) is 6.07 Å². The molecule has 0 radical (unpaired) electrons. The number of hydrogen-bond donors (Lipinski definition) is 1. The van der Waals surface area contributed by atoms with E-state index in [2.05, 4.69) is 27.9 Å². The van der Waals surface area contributed by atoms with Gasteiger partial charge in [0.15, 0.2) is 0 Å². The molecule has 1 saturated heterocycles. The SMILES string of the molecule is Cc1cccc(C(=O)NC2CCS(=O)(=O)CC2)c1I. The summed E-state index contributed by atoms with van der Waals surface area (Å²) in [6, 6.07) is 5.58. The molecule has 0 unspecified atom stereocenters. The van der Waals surface area contributed by atoms with Gasteiger partial charge in [0.05, 0.1) is 17.1 Å². The molecule has 1 aromatic carbocycles. The van der Waals surface area contributed by atoms with Crippen LogP contribution >= 0.6 is 22.6 Å². The van der Waals surface area contributed by atoms with Crippen LogP contribution in [0.3, 0.4) is 0 Å². The molecule has 1 aromatic rings. The predicted octanol–water partition coefficient (Wildman–Crippen LogP) is 1.91. The van der Waals surface area contributed by atoms with Gasteiger partial charge in [-0.2, -0.15) is 0 Å². The highest BCUT2D eigenvalue weighted by molar-refractivity contribution is 14.1. The maximum Gasteiger partial charge on any atom is 0.252 e. The zero-order valence-corrected chi connectivity index (χ0v) is 13.6. The molecule has 19 heavy (non-hydrogen) atoms. The van der Waals surface area contributed by atoms with Crippen molar-refractivity contribution < 1.29 is 13.2 Å². The lowest BCUT2D eigenvalue weighted by Gasteiger charge is -2.23. The van der Waals surface area contributed by atoms with E-state index >= 15 is 0 Å². The first kappa shape index (κ1) is 14.8.